The molecule has 1 aromatic heterocycles. The number of nitrogens with zero attached hydrogens (tertiary/aromatic N) is 3. The number of hydrogen-bond acceptors (Lipinski definition) is 2. The van der Waals surface area contributed by atoms with Crippen molar-refractivity contribution in [3.8, 4) is 0 Å². The van der Waals surface area contributed by atoms with Crippen molar-refractivity contribution in [1.29, 1.82) is 0 Å². The standard InChI is InChI=1S/C6H11N3O/c1-5-4-8(2)6(7-10)9(5)3/h4,10H,1-3H3. The van der Waals surface area contributed by atoms with Crippen LogP contribution in [0, 0.1) is 6.92 Å². The Kier molecular flexibility index (Phi) is 1.53. The summed E-state index contributed by atoms with van der Waals surface area (Å²) in [7, 11) is 3.69. The lowest BCUT2D eigenvalue weighted by Gasteiger charge is -1.91. The van der Waals surface area contributed by atoms with Crippen LogP contribution < -0.4 is 5.62 Å². The molecule has 4 heteroatoms. The van der Waals surface area contributed by atoms with Gasteiger partial charge in [-0.2, -0.15) is 0 Å². The van der Waals surface area contributed by atoms with Crippen molar-refractivity contribution >= 4 is 0 Å². The first-order valence-electron chi connectivity index (χ1n) is 3.04. The molecule has 0 amide bonds. The van der Waals surface area contributed by atoms with Gasteiger partial charge < -0.3 is 14.3 Å². The van der Waals surface area contributed by atoms with Crippen molar-refractivity contribution in [2.45, 2.75) is 6.92 Å². The summed E-state index contributed by atoms with van der Waals surface area (Å²) in [5.74, 6) is 0. The van der Waals surface area contributed by atoms with Crippen LogP contribution in [0.5, 0.6) is 0 Å². The summed E-state index contributed by atoms with van der Waals surface area (Å²) >= 11 is 0. The summed E-state index contributed by atoms with van der Waals surface area (Å²) in [6.45, 7) is 1.95. The van der Waals surface area contributed by atoms with Gasteiger partial charge in [-0.15, -0.1) is 0 Å². The largest absolute Gasteiger partial charge is 0.408 e. The van der Waals surface area contributed by atoms with Crippen molar-refractivity contribution in [1.82, 2.24) is 9.13 Å². The number of hydrogen-bond donors (Lipinski definition) is 1. The minimum atomic E-state index is 0.553. The Balaban J connectivity index is 3.50. The molecule has 1 N–H and O–H groups in total. The van der Waals surface area contributed by atoms with Crippen LogP contribution in [0.1, 0.15) is 5.69 Å². The van der Waals surface area contributed by atoms with E-state index in [0.717, 1.165) is 5.69 Å². The van der Waals surface area contributed by atoms with Crippen LogP contribution in [-0.4, -0.2) is 14.3 Å². The SMILES string of the molecule is Cc1cn(C)c(=NO)n1C. The maximum Gasteiger partial charge on any atom is 0.246 e. The normalized spacial score (nSPS) is 12.5. The van der Waals surface area contributed by atoms with Gasteiger partial charge in [0.1, 0.15) is 0 Å². The summed E-state index contributed by atoms with van der Waals surface area (Å²) in [5.41, 5.74) is 1.62. The van der Waals surface area contributed by atoms with Gasteiger partial charge in [0.25, 0.3) is 0 Å². The molecule has 0 aliphatic carbocycles. The zero-order valence-corrected chi connectivity index (χ0v) is 6.37. The smallest absolute Gasteiger partial charge is 0.246 e. The topological polar surface area (TPSA) is 42.4 Å². The molecule has 1 rings (SSSR count). The van der Waals surface area contributed by atoms with Gasteiger partial charge in [-0.05, 0) is 6.92 Å². The highest BCUT2D eigenvalue weighted by atomic mass is 16.4. The summed E-state index contributed by atoms with van der Waals surface area (Å²) < 4.78 is 3.56. The number of rotatable bonds is 0. The van der Waals surface area contributed by atoms with E-state index in [9.17, 15) is 0 Å². The van der Waals surface area contributed by atoms with Crippen LogP contribution in [0.25, 0.3) is 0 Å². The lowest BCUT2D eigenvalue weighted by molar-refractivity contribution is 0.287. The molecule has 0 radical (unpaired) electrons. The Bertz CT molecular complexity index is 294. The van der Waals surface area contributed by atoms with E-state index in [1.54, 1.807) is 9.13 Å². The molecule has 0 saturated carbocycles. The van der Waals surface area contributed by atoms with E-state index in [-0.39, 0.29) is 0 Å². The first-order chi connectivity index (χ1) is 4.66. The quantitative estimate of drug-likeness (QED) is 0.400. The van der Waals surface area contributed by atoms with Crippen molar-refractivity contribution in [2.75, 3.05) is 0 Å². The molecular weight excluding hydrogens is 130 g/mol. The van der Waals surface area contributed by atoms with Gasteiger partial charge in [0.05, 0.1) is 0 Å². The van der Waals surface area contributed by atoms with Gasteiger partial charge in [-0.25, -0.2) is 0 Å². The highest BCUT2D eigenvalue weighted by Crippen LogP contribution is 1.88. The minimum absolute atomic E-state index is 0.553. The van der Waals surface area contributed by atoms with Crippen LogP contribution in [0.4, 0.5) is 0 Å². The molecule has 4 nitrogen and oxygen atoms in total. The first kappa shape index (κ1) is 6.92. The molecule has 56 valence electrons. The highest BCUT2D eigenvalue weighted by molar-refractivity contribution is 4.94. The van der Waals surface area contributed by atoms with Crippen LogP contribution >= 0.6 is 0 Å². The summed E-state index contributed by atoms with van der Waals surface area (Å²) in [5, 5.41) is 11.6. The average Bonchev–Trinajstić information content (AvgIpc) is 2.09. The van der Waals surface area contributed by atoms with E-state index in [4.69, 9.17) is 5.21 Å². The number of aromatic nitrogens is 2. The molecule has 0 bridgehead atoms. The maximum absolute atomic E-state index is 8.50. The van der Waals surface area contributed by atoms with Crippen LogP contribution in [-0.2, 0) is 14.1 Å². The second-order valence-corrected chi connectivity index (χ2v) is 2.34. The van der Waals surface area contributed by atoms with E-state index in [2.05, 4.69) is 5.16 Å². The van der Waals surface area contributed by atoms with E-state index < -0.39 is 0 Å². The number of imidazole rings is 1. The van der Waals surface area contributed by atoms with Gasteiger partial charge in [0.15, 0.2) is 0 Å². The Labute approximate surface area is 59.0 Å². The zero-order chi connectivity index (χ0) is 7.72. The lowest BCUT2D eigenvalue weighted by Crippen LogP contribution is -2.21. The molecule has 1 aromatic rings. The highest BCUT2D eigenvalue weighted by Gasteiger charge is 1.96. The van der Waals surface area contributed by atoms with E-state index >= 15 is 0 Å². The second kappa shape index (κ2) is 2.21. The fourth-order valence-electron chi connectivity index (χ4n) is 0.957. The maximum atomic E-state index is 8.50. The van der Waals surface area contributed by atoms with Crippen molar-refractivity contribution in [2.24, 2.45) is 19.3 Å². The zero-order valence-electron chi connectivity index (χ0n) is 6.37. The molecule has 0 atom stereocenters. The predicted molar refractivity (Wildman–Crippen MR) is 36.5 cm³/mol. The number of aryl methyl sites for hydroxylation is 2. The van der Waals surface area contributed by atoms with Crippen molar-refractivity contribution in [3.63, 3.8) is 0 Å². The summed E-state index contributed by atoms with van der Waals surface area (Å²) in [6, 6.07) is 0. The molecule has 0 aromatic carbocycles. The van der Waals surface area contributed by atoms with Crippen LogP contribution in [0.3, 0.4) is 0 Å². The Morgan fingerprint density at radius 2 is 2.10 bits per heavy atom. The van der Waals surface area contributed by atoms with Gasteiger partial charge in [0.2, 0.25) is 5.62 Å². The summed E-state index contributed by atoms with van der Waals surface area (Å²) in [4.78, 5) is 0. The molecule has 0 fully saturated rings. The van der Waals surface area contributed by atoms with Crippen LogP contribution in [0.15, 0.2) is 11.4 Å². The fraction of sp³-hybridized carbons (Fsp3) is 0.500. The monoisotopic (exact) mass is 141 g/mol. The summed E-state index contributed by atoms with van der Waals surface area (Å²) in [6.07, 6.45) is 1.90. The van der Waals surface area contributed by atoms with E-state index in [1.165, 1.54) is 0 Å². The lowest BCUT2D eigenvalue weighted by atomic mass is 10.5. The predicted octanol–water partition coefficient (Wildman–Crippen LogP) is -0.0381. The van der Waals surface area contributed by atoms with Gasteiger partial charge >= 0.3 is 0 Å². The minimum Gasteiger partial charge on any atom is -0.408 e. The fourth-order valence-corrected chi connectivity index (χ4v) is 0.957. The molecule has 1 heterocycles. The van der Waals surface area contributed by atoms with E-state index in [0.29, 0.717) is 5.62 Å². The first-order valence-corrected chi connectivity index (χ1v) is 3.04. The van der Waals surface area contributed by atoms with Crippen molar-refractivity contribution in [3.05, 3.63) is 17.5 Å². The Morgan fingerprint density at radius 3 is 2.30 bits per heavy atom. The second-order valence-electron chi connectivity index (χ2n) is 2.34. The van der Waals surface area contributed by atoms with E-state index in [1.807, 2.05) is 27.2 Å². The molecule has 0 spiro atoms. The third-order valence-electron chi connectivity index (χ3n) is 1.61. The van der Waals surface area contributed by atoms with Gasteiger partial charge in [-0.1, -0.05) is 5.16 Å². The molecule has 0 aliphatic rings. The third kappa shape index (κ3) is 0.814. The van der Waals surface area contributed by atoms with Crippen molar-refractivity contribution < 1.29 is 5.21 Å². The third-order valence-corrected chi connectivity index (χ3v) is 1.61. The van der Waals surface area contributed by atoms with Gasteiger partial charge in [0, 0.05) is 26.0 Å². The van der Waals surface area contributed by atoms with Crippen LogP contribution in [0.2, 0.25) is 0 Å². The molecular formula is C6H11N3O. The molecule has 0 unspecified atom stereocenters. The molecule has 0 aliphatic heterocycles. The Hall–Kier alpha value is -1.19. The average molecular weight is 141 g/mol. The molecule has 0 saturated heterocycles. The van der Waals surface area contributed by atoms with Gasteiger partial charge in [-0.3, -0.25) is 0 Å². The molecule has 10 heavy (non-hydrogen) atoms. The Morgan fingerprint density at radius 1 is 1.50 bits per heavy atom.